The van der Waals surface area contributed by atoms with E-state index in [4.69, 9.17) is 11.6 Å². The van der Waals surface area contributed by atoms with Gasteiger partial charge >= 0.3 is 0 Å². The van der Waals surface area contributed by atoms with E-state index in [-0.39, 0.29) is 10.7 Å². The Kier molecular flexibility index (Phi) is 6.00. The molecule has 0 aromatic carbocycles. The van der Waals surface area contributed by atoms with Crippen molar-refractivity contribution in [2.75, 3.05) is 31.9 Å². The normalized spacial score (nSPS) is 17.2. The van der Waals surface area contributed by atoms with E-state index in [0.717, 1.165) is 37.1 Å². The average molecular weight is 347 g/mol. The summed E-state index contributed by atoms with van der Waals surface area (Å²) in [7, 11) is 0. The third kappa shape index (κ3) is 5.81. The van der Waals surface area contributed by atoms with Crippen LogP contribution < -0.4 is 0 Å². The van der Waals surface area contributed by atoms with Crippen LogP contribution in [0.3, 0.4) is 0 Å². The van der Waals surface area contributed by atoms with Crippen molar-refractivity contribution >= 4 is 40.6 Å². The molecule has 1 aromatic rings. The summed E-state index contributed by atoms with van der Waals surface area (Å²) in [6, 6.07) is 4.04. The number of hydrogen-bond acceptors (Lipinski definition) is 4. The number of amides is 1. The number of carbonyl (C=O) groups is 1. The molecule has 0 spiro atoms. The Morgan fingerprint density at radius 1 is 1.29 bits per heavy atom. The van der Waals surface area contributed by atoms with E-state index in [1.807, 2.05) is 11.0 Å². The maximum absolute atomic E-state index is 12.2. The number of carbonyl (C=O) groups excluding carboxylic acids is 1. The Morgan fingerprint density at radius 2 is 1.95 bits per heavy atom. The molecular weight excluding hydrogens is 324 g/mol. The van der Waals surface area contributed by atoms with Gasteiger partial charge in [0.05, 0.1) is 10.1 Å². The van der Waals surface area contributed by atoms with E-state index in [1.165, 1.54) is 4.88 Å². The summed E-state index contributed by atoms with van der Waals surface area (Å²) in [5, 5.41) is 0. The van der Waals surface area contributed by atoms with Gasteiger partial charge in [-0.25, -0.2) is 0 Å². The molecular formula is C15H23ClN2OS2. The second kappa shape index (κ2) is 7.36. The third-order valence-electron chi connectivity index (χ3n) is 3.36. The van der Waals surface area contributed by atoms with E-state index in [2.05, 4.69) is 31.7 Å². The molecule has 0 atom stereocenters. The summed E-state index contributed by atoms with van der Waals surface area (Å²) in [6.07, 6.45) is 0. The van der Waals surface area contributed by atoms with E-state index < -0.39 is 0 Å². The van der Waals surface area contributed by atoms with Gasteiger partial charge in [-0.1, -0.05) is 32.4 Å². The highest BCUT2D eigenvalue weighted by molar-refractivity contribution is 8.01. The number of piperazine rings is 1. The van der Waals surface area contributed by atoms with Crippen LogP contribution in [0.25, 0.3) is 0 Å². The molecule has 6 heteroatoms. The largest absolute Gasteiger partial charge is 0.339 e. The van der Waals surface area contributed by atoms with E-state index in [9.17, 15) is 4.79 Å². The van der Waals surface area contributed by atoms with Crippen molar-refractivity contribution in [1.82, 2.24) is 9.80 Å². The van der Waals surface area contributed by atoms with Crippen molar-refractivity contribution in [2.24, 2.45) is 0 Å². The molecule has 0 saturated carbocycles. The van der Waals surface area contributed by atoms with Gasteiger partial charge < -0.3 is 4.90 Å². The summed E-state index contributed by atoms with van der Waals surface area (Å²) >= 11 is 9.32. The van der Waals surface area contributed by atoms with Crippen LogP contribution in [0.2, 0.25) is 4.34 Å². The van der Waals surface area contributed by atoms with Gasteiger partial charge in [-0.05, 0) is 12.1 Å². The first-order valence-electron chi connectivity index (χ1n) is 7.22. The summed E-state index contributed by atoms with van der Waals surface area (Å²) in [4.78, 5) is 17.9. The first-order valence-corrected chi connectivity index (χ1v) is 9.40. The minimum absolute atomic E-state index is 0.149. The molecule has 3 nitrogen and oxygen atoms in total. The quantitative estimate of drug-likeness (QED) is 0.832. The molecule has 1 fully saturated rings. The fraction of sp³-hybridized carbons (Fsp3) is 0.667. The average Bonchev–Trinajstić information content (AvgIpc) is 2.81. The fourth-order valence-electron chi connectivity index (χ4n) is 2.18. The standard InChI is InChI=1S/C15H23ClN2OS2/c1-15(2,3)20-11-14(19)18-8-6-17(7-9-18)10-12-4-5-13(16)21-12/h4-5H,6-11H2,1-3H3. The van der Waals surface area contributed by atoms with Crippen molar-refractivity contribution < 1.29 is 4.79 Å². The highest BCUT2D eigenvalue weighted by atomic mass is 35.5. The van der Waals surface area contributed by atoms with Crippen molar-refractivity contribution in [3.63, 3.8) is 0 Å². The first-order chi connectivity index (χ1) is 9.83. The summed E-state index contributed by atoms with van der Waals surface area (Å²) in [5.41, 5.74) is 0. The Hall–Kier alpha value is -0.230. The number of nitrogens with zero attached hydrogens (tertiary/aromatic N) is 2. The topological polar surface area (TPSA) is 23.6 Å². The number of rotatable bonds is 4. The zero-order valence-corrected chi connectivity index (χ0v) is 15.3. The lowest BCUT2D eigenvalue weighted by atomic mass is 10.3. The monoisotopic (exact) mass is 346 g/mol. The van der Waals surface area contributed by atoms with Gasteiger partial charge in [-0.2, -0.15) is 0 Å². The van der Waals surface area contributed by atoms with Crippen LogP contribution in [0.15, 0.2) is 12.1 Å². The number of halogens is 1. The van der Waals surface area contributed by atoms with Crippen LogP contribution in [0.1, 0.15) is 25.6 Å². The van der Waals surface area contributed by atoms with Gasteiger partial charge in [0.25, 0.3) is 0 Å². The lowest BCUT2D eigenvalue weighted by Gasteiger charge is -2.35. The second-order valence-electron chi connectivity index (χ2n) is 6.26. The zero-order chi connectivity index (χ0) is 15.5. The van der Waals surface area contributed by atoms with E-state index in [1.54, 1.807) is 23.1 Å². The Balaban J connectivity index is 1.74. The molecule has 1 amide bonds. The molecule has 2 heterocycles. The van der Waals surface area contributed by atoms with Gasteiger partial charge in [0, 0.05) is 42.3 Å². The SMILES string of the molecule is CC(C)(C)SCC(=O)N1CCN(Cc2ccc(Cl)s2)CC1. The highest BCUT2D eigenvalue weighted by Gasteiger charge is 2.23. The summed E-state index contributed by atoms with van der Waals surface area (Å²) in [6.45, 7) is 10.9. The van der Waals surface area contributed by atoms with Gasteiger partial charge in [0.15, 0.2) is 0 Å². The maximum atomic E-state index is 12.2. The van der Waals surface area contributed by atoms with E-state index in [0.29, 0.717) is 5.75 Å². The van der Waals surface area contributed by atoms with Crippen molar-refractivity contribution in [1.29, 1.82) is 0 Å². The molecule has 0 unspecified atom stereocenters. The van der Waals surface area contributed by atoms with Crippen LogP contribution in [0.4, 0.5) is 0 Å². The van der Waals surface area contributed by atoms with Gasteiger partial charge in [0.1, 0.15) is 0 Å². The maximum Gasteiger partial charge on any atom is 0.232 e. The molecule has 0 radical (unpaired) electrons. The van der Waals surface area contributed by atoms with Crippen LogP contribution in [-0.2, 0) is 11.3 Å². The second-order valence-corrected chi connectivity index (χ2v) is 9.87. The van der Waals surface area contributed by atoms with Crippen LogP contribution in [0, 0.1) is 0 Å². The van der Waals surface area contributed by atoms with Crippen molar-refractivity contribution in [3.05, 3.63) is 21.3 Å². The Bertz CT molecular complexity index is 476. The smallest absolute Gasteiger partial charge is 0.232 e. The summed E-state index contributed by atoms with van der Waals surface area (Å²) < 4.78 is 0.994. The predicted molar refractivity (Wildman–Crippen MR) is 93.4 cm³/mol. The molecule has 21 heavy (non-hydrogen) atoms. The molecule has 1 aromatic heterocycles. The minimum Gasteiger partial charge on any atom is -0.339 e. The molecule has 1 saturated heterocycles. The summed E-state index contributed by atoms with van der Waals surface area (Å²) in [5.74, 6) is 0.859. The molecule has 0 aliphatic carbocycles. The van der Waals surface area contributed by atoms with Gasteiger partial charge in [0.2, 0.25) is 5.91 Å². The minimum atomic E-state index is 0.149. The molecule has 0 N–H and O–H groups in total. The number of thioether (sulfide) groups is 1. The van der Waals surface area contributed by atoms with Crippen LogP contribution in [0.5, 0.6) is 0 Å². The van der Waals surface area contributed by atoms with Crippen molar-refractivity contribution in [2.45, 2.75) is 32.1 Å². The fourth-order valence-corrected chi connectivity index (χ4v) is 4.05. The first kappa shape index (κ1) is 17.1. The van der Waals surface area contributed by atoms with Gasteiger partial charge in [-0.3, -0.25) is 9.69 Å². The molecule has 1 aliphatic rings. The molecule has 2 rings (SSSR count). The Labute approximate surface area is 140 Å². The third-order valence-corrected chi connectivity index (χ3v) is 5.84. The van der Waals surface area contributed by atoms with Crippen LogP contribution in [-0.4, -0.2) is 52.4 Å². The number of thiophene rings is 1. The lowest BCUT2D eigenvalue weighted by molar-refractivity contribution is -0.130. The van der Waals surface area contributed by atoms with Gasteiger partial charge in [-0.15, -0.1) is 23.1 Å². The van der Waals surface area contributed by atoms with E-state index >= 15 is 0 Å². The van der Waals surface area contributed by atoms with Crippen LogP contribution >= 0.6 is 34.7 Å². The number of hydrogen-bond donors (Lipinski definition) is 0. The Morgan fingerprint density at radius 3 is 2.48 bits per heavy atom. The lowest BCUT2D eigenvalue weighted by Crippen LogP contribution is -2.48. The highest BCUT2D eigenvalue weighted by Crippen LogP contribution is 2.24. The molecule has 118 valence electrons. The van der Waals surface area contributed by atoms with Crippen molar-refractivity contribution in [3.8, 4) is 0 Å². The predicted octanol–water partition coefficient (Wildman–Crippen LogP) is 3.58. The molecule has 0 bridgehead atoms. The zero-order valence-electron chi connectivity index (χ0n) is 12.9. The molecule has 1 aliphatic heterocycles.